The van der Waals surface area contributed by atoms with Crippen LogP contribution in [0.25, 0.3) is 0 Å². The van der Waals surface area contributed by atoms with Gasteiger partial charge in [0, 0.05) is 6.42 Å². The van der Waals surface area contributed by atoms with E-state index in [1.165, 1.54) is 37.0 Å². The standard InChI is InChI=1S/C17H28O2Si/c1-5-17(10-6-7-15-9-12-18-14-15)11-8-16(13-17)19-20(2,3)4/h9,12-14H,5-8,10-11H2,1-4H3/t17-/m0/s1. The first-order chi connectivity index (χ1) is 9.42. The van der Waals surface area contributed by atoms with Gasteiger partial charge in [-0.2, -0.15) is 0 Å². The van der Waals surface area contributed by atoms with E-state index in [-0.39, 0.29) is 0 Å². The second-order valence-electron chi connectivity index (χ2n) is 7.03. The molecule has 3 heteroatoms. The normalized spacial score (nSPS) is 22.9. The molecule has 0 radical (unpaired) electrons. The van der Waals surface area contributed by atoms with Crippen molar-refractivity contribution in [2.75, 3.05) is 0 Å². The SMILES string of the molecule is CC[C@@]1(CCCc2ccoc2)C=C(O[Si](C)(C)C)CC1. The van der Waals surface area contributed by atoms with Crippen molar-refractivity contribution < 1.29 is 8.84 Å². The molecule has 112 valence electrons. The van der Waals surface area contributed by atoms with Crippen molar-refractivity contribution in [1.29, 1.82) is 0 Å². The van der Waals surface area contributed by atoms with Crippen molar-refractivity contribution in [3.63, 3.8) is 0 Å². The molecular weight excluding hydrogens is 264 g/mol. The van der Waals surface area contributed by atoms with Gasteiger partial charge in [0.15, 0.2) is 0 Å². The summed E-state index contributed by atoms with van der Waals surface area (Å²) >= 11 is 0. The number of rotatable bonds is 7. The van der Waals surface area contributed by atoms with Gasteiger partial charge in [-0.1, -0.05) is 6.92 Å². The fraction of sp³-hybridized carbons (Fsp3) is 0.647. The van der Waals surface area contributed by atoms with Crippen LogP contribution in [0, 0.1) is 5.41 Å². The van der Waals surface area contributed by atoms with Crippen LogP contribution in [0.3, 0.4) is 0 Å². The van der Waals surface area contributed by atoms with Gasteiger partial charge in [-0.3, -0.25) is 0 Å². The fourth-order valence-corrected chi connectivity index (χ4v) is 4.01. The Hall–Kier alpha value is -0.963. The zero-order chi connectivity index (χ0) is 14.6. The lowest BCUT2D eigenvalue weighted by Gasteiger charge is -2.25. The van der Waals surface area contributed by atoms with Crippen LogP contribution < -0.4 is 0 Å². The largest absolute Gasteiger partial charge is 0.548 e. The van der Waals surface area contributed by atoms with E-state index in [9.17, 15) is 0 Å². The molecule has 1 heterocycles. The van der Waals surface area contributed by atoms with Crippen molar-refractivity contribution in [1.82, 2.24) is 0 Å². The van der Waals surface area contributed by atoms with Crippen LogP contribution in [0.1, 0.15) is 44.6 Å². The molecule has 1 aliphatic rings. The average molecular weight is 292 g/mol. The Labute approximate surface area is 124 Å². The Balaban J connectivity index is 1.90. The maximum absolute atomic E-state index is 6.19. The van der Waals surface area contributed by atoms with E-state index in [2.05, 4.69) is 38.7 Å². The highest BCUT2D eigenvalue weighted by atomic mass is 28.4. The monoisotopic (exact) mass is 292 g/mol. The molecule has 1 aromatic rings. The molecule has 0 spiro atoms. The van der Waals surface area contributed by atoms with Crippen molar-refractivity contribution in [3.05, 3.63) is 36.0 Å². The third-order valence-corrected chi connectivity index (χ3v) is 5.07. The molecule has 0 aromatic carbocycles. The van der Waals surface area contributed by atoms with Crippen molar-refractivity contribution in [3.8, 4) is 0 Å². The molecule has 0 fully saturated rings. The summed E-state index contributed by atoms with van der Waals surface area (Å²) in [5.74, 6) is 1.26. The third kappa shape index (κ3) is 4.27. The van der Waals surface area contributed by atoms with Crippen molar-refractivity contribution in [2.45, 2.75) is 65.1 Å². The first kappa shape index (κ1) is 15.4. The fourth-order valence-electron chi connectivity index (χ4n) is 3.06. The van der Waals surface area contributed by atoms with Crippen LogP contribution in [-0.4, -0.2) is 8.32 Å². The van der Waals surface area contributed by atoms with E-state index >= 15 is 0 Å². The Morgan fingerprint density at radius 1 is 1.35 bits per heavy atom. The summed E-state index contributed by atoms with van der Waals surface area (Å²) in [6, 6.07) is 2.07. The third-order valence-electron chi connectivity index (χ3n) is 4.20. The van der Waals surface area contributed by atoms with Crippen LogP contribution in [-0.2, 0) is 10.8 Å². The number of hydrogen-bond acceptors (Lipinski definition) is 2. The second-order valence-corrected chi connectivity index (χ2v) is 11.5. The van der Waals surface area contributed by atoms with E-state index in [4.69, 9.17) is 8.84 Å². The number of hydrogen-bond donors (Lipinski definition) is 0. The number of furan rings is 1. The molecule has 1 aromatic heterocycles. The quantitative estimate of drug-likeness (QED) is 0.617. The average Bonchev–Trinajstić information content (AvgIpc) is 2.98. The lowest BCUT2D eigenvalue weighted by Crippen LogP contribution is -2.24. The smallest absolute Gasteiger partial charge is 0.241 e. The first-order valence-electron chi connectivity index (χ1n) is 7.84. The molecule has 0 saturated heterocycles. The zero-order valence-corrected chi connectivity index (χ0v) is 14.4. The Kier molecular flexibility index (Phi) is 4.79. The van der Waals surface area contributed by atoms with Crippen LogP contribution in [0.15, 0.2) is 34.8 Å². The summed E-state index contributed by atoms with van der Waals surface area (Å²) in [5, 5.41) is 0. The molecule has 0 saturated carbocycles. The molecule has 0 unspecified atom stereocenters. The minimum Gasteiger partial charge on any atom is -0.548 e. The highest BCUT2D eigenvalue weighted by molar-refractivity contribution is 6.70. The molecule has 2 rings (SSSR count). The summed E-state index contributed by atoms with van der Waals surface area (Å²) in [6.07, 6.45) is 13.3. The van der Waals surface area contributed by atoms with Gasteiger partial charge in [-0.25, -0.2) is 0 Å². The lowest BCUT2D eigenvalue weighted by atomic mass is 9.80. The molecule has 0 aliphatic heterocycles. The van der Waals surface area contributed by atoms with E-state index in [0.717, 1.165) is 12.8 Å². The molecule has 1 aliphatic carbocycles. The molecule has 1 atom stereocenters. The van der Waals surface area contributed by atoms with Gasteiger partial charge in [0.25, 0.3) is 0 Å². The van der Waals surface area contributed by atoms with E-state index < -0.39 is 8.32 Å². The lowest BCUT2D eigenvalue weighted by molar-refractivity contribution is 0.321. The van der Waals surface area contributed by atoms with Gasteiger partial charge >= 0.3 is 0 Å². The van der Waals surface area contributed by atoms with Crippen LogP contribution in [0.5, 0.6) is 0 Å². The first-order valence-corrected chi connectivity index (χ1v) is 11.3. The number of allylic oxidation sites excluding steroid dienone is 2. The van der Waals surface area contributed by atoms with E-state index in [1.807, 2.05) is 6.26 Å². The molecule has 0 N–H and O–H groups in total. The summed E-state index contributed by atoms with van der Waals surface area (Å²) < 4.78 is 11.3. The molecule has 0 bridgehead atoms. The van der Waals surface area contributed by atoms with Gasteiger partial charge in [-0.15, -0.1) is 0 Å². The summed E-state index contributed by atoms with van der Waals surface area (Å²) in [7, 11) is -1.45. The molecule has 2 nitrogen and oxygen atoms in total. The summed E-state index contributed by atoms with van der Waals surface area (Å²) in [4.78, 5) is 0. The minimum atomic E-state index is -1.45. The van der Waals surface area contributed by atoms with Gasteiger partial charge in [0.1, 0.15) is 0 Å². The Bertz CT molecular complexity index is 442. The topological polar surface area (TPSA) is 22.4 Å². The number of aryl methyl sites for hydroxylation is 1. The highest BCUT2D eigenvalue weighted by Gasteiger charge is 2.33. The predicted molar refractivity (Wildman–Crippen MR) is 86.1 cm³/mol. The minimum absolute atomic E-state index is 0.374. The maximum Gasteiger partial charge on any atom is 0.241 e. The maximum atomic E-state index is 6.19. The van der Waals surface area contributed by atoms with E-state index in [1.54, 1.807) is 6.26 Å². The van der Waals surface area contributed by atoms with Crippen LogP contribution in [0.2, 0.25) is 19.6 Å². The van der Waals surface area contributed by atoms with Crippen molar-refractivity contribution >= 4 is 8.32 Å². The van der Waals surface area contributed by atoms with Gasteiger partial charge in [-0.05, 0) is 74.9 Å². The molecule has 0 amide bonds. The van der Waals surface area contributed by atoms with Crippen LogP contribution >= 0.6 is 0 Å². The van der Waals surface area contributed by atoms with Gasteiger partial charge < -0.3 is 8.84 Å². The van der Waals surface area contributed by atoms with E-state index in [0.29, 0.717) is 5.41 Å². The van der Waals surface area contributed by atoms with Crippen LogP contribution in [0.4, 0.5) is 0 Å². The Morgan fingerprint density at radius 3 is 2.75 bits per heavy atom. The second kappa shape index (κ2) is 6.21. The van der Waals surface area contributed by atoms with Gasteiger partial charge in [0.05, 0.1) is 18.3 Å². The Morgan fingerprint density at radius 2 is 2.15 bits per heavy atom. The summed E-state index contributed by atoms with van der Waals surface area (Å²) in [5.41, 5.74) is 1.69. The highest BCUT2D eigenvalue weighted by Crippen LogP contribution is 2.43. The van der Waals surface area contributed by atoms with Crippen molar-refractivity contribution in [2.24, 2.45) is 5.41 Å². The summed E-state index contributed by atoms with van der Waals surface area (Å²) in [6.45, 7) is 9.10. The van der Waals surface area contributed by atoms with Gasteiger partial charge in [0.2, 0.25) is 8.32 Å². The zero-order valence-electron chi connectivity index (χ0n) is 13.4. The predicted octanol–water partition coefficient (Wildman–Crippen LogP) is 5.53. The molecular formula is C17H28O2Si. The molecule has 20 heavy (non-hydrogen) atoms.